The van der Waals surface area contributed by atoms with Gasteiger partial charge in [0.05, 0.1) is 11.5 Å². The molecule has 0 spiro atoms. The van der Waals surface area contributed by atoms with Gasteiger partial charge in [-0.2, -0.15) is 0 Å². The molecule has 2 aromatic carbocycles. The molecule has 2 N–H and O–H groups in total. The molecule has 0 aromatic heterocycles. The van der Waals surface area contributed by atoms with Crippen LogP contribution in [0.5, 0.6) is 5.75 Å². The second-order valence-corrected chi connectivity index (χ2v) is 6.13. The van der Waals surface area contributed by atoms with Crippen molar-refractivity contribution in [3.8, 4) is 5.75 Å². The van der Waals surface area contributed by atoms with Crippen LogP contribution in [0.4, 0.5) is 16.2 Å². The second kappa shape index (κ2) is 9.05. The Kier molecular flexibility index (Phi) is 6.80. The van der Waals surface area contributed by atoms with Crippen LogP contribution in [0.3, 0.4) is 0 Å². The van der Waals surface area contributed by atoms with Gasteiger partial charge >= 0.3 is 6.03 Å². The number of rotatable bonds is 7. The maximum atomic E-state index is 11.9. The zero-order valence-electron chi connectivity index (χ0n) is 14.5. The number of amides is 2. The molecule has 7 nitrogen and oxygen atoms in total. The van der Waals surface area contributed by atoms with E-state index in [0.29, 0.717) is 25.3 Å². The van der Waals surface area contributed by atoms with E-state index in [0.717, 1.165) is 16.9 Å². The number of anilines is 1. The summed E-state index contributed by atoms with van der Waals surface area (Å²) in [6.07, 6.45) is 0.627. The Morgan fingerprint density at radius 1 is 1.23 bits per heavy atom. The molecule has 0 aliphatic rings. The quantitative estimate of drug-likeness (QED) is 0.423. The minimum Gasteiger partial charge on any atom is -0.493 e. The van der Waals surface area contributed by atoms with Gasteiger partial charge in [0.2, 0.25) is 0 Å². The number of nitro groups is 1. The van der Waals surface area contributed by atoms with Gasteiger partial charge < -0.3 is 15.4 Å². The standard InChI is InChI=1S/C18H20ClN3O4/c1-12-5-3-6-13(2)17(12)26-10-4-9-20-18(23)21-14-7-8-15(19)16(11-14)22(24)25/h3,5-8,11H,4,9-10H2,1-2H3,(H2,20,21,23). The Morgan fingerprint density at radius 3 is 2.58 bits per heavy atom. The van der Waals surface area contributed by atoms with Crippen molar-refractivity contribution in [3.63, 3.8) is 0 Å². The van der Waals surface area contributed by atoms with Crippen LogP contribution < -0.4 is 15.4 Å². The van der Waals surface area contributed by atoms with Gasteiger partial charge in [-0.15, -0.1) is 0 Å². The highest BCUT2D eigenvalue weighted by atomic mass is 35.5. The minimum absolute atomic E-state index is 0.0182. The monoisotopic (exact) mass is 377 g/mol. The number of nitrogens with one attached hydrogen (secondary N) is 2. The summed E-state index contributed by atoms with van der Waals surface area (Å²) in [6, 6.07) is 9.58. The Hall–Kier alpha value is -2.80. The van der Waals surface area contributed by atoms with Gasteiger partial charge in [0.1, 0.15) is 10.8 Å². The summed E-state index contributed by atoms with van der Waals surface area (Å²) in [7, 11) is 0. The van der Waals surface area contributed by atoms with Crippen LogP contribution in [0.15, 0.2) is 36.4 Å². The maximum Gasteiger partial charge on any atom is 0.319 e. The summed E-state index contributed by atoms with van der Waals surface area (Å²) < 4.78 is 5.76. The second-order valence-electron chi connectivity index (χ2n) is 5.73. The molecule has 0 aliphatic heterocycles. The summed E-state index contributed by atoms with van der Waals surface area (Å²) >= 11 is 5.73. The van der Waals surface area contributed by atoms with E-state index in [2.05, 4.69) is 10.6 Å². The number of halogens is 1. The molecule has 0 fully saturated rings. The molecule has 0 atom stereocenters. The van der Waals surface area contributed by atoms with Crippen molar-refractivity contribution in [2.75, 3.05) is 18.5 Å². The lowest BCUT2D eigenvalue weighted by atomic mass is 10.1. The van der Waals surface area contributed by atoms with Crippen molar-refractivity contribution in [2.45, 2.75) is 20.3 Å². The van der Waals surface area contributed by atoms with E-state index >= 15 is 0 Å². The van der Waals surface area contributed by atoms with Gasteiger partial charge in [0, 0.05) is 18.3 Å². The van der Waals surface area contributed by atoms with Crippen LogP contribution in [0, 0.1) is 24.0 Å². The molecule has 2 aromatic rings. The highest BCUT2D eigenvalue weighted by Gasteiger charge is 2.13. The molecule has 0 aliphatic carbocycles. The lowest BCUT2D eigenvalue weighted by Gasteiger charge is -2.12. The van der Waals surface area contributed by atoms with Crippen molar-refractivity contribution in [2.24, 2.45) is 0 Å². The van der Waals surface area contributed by atoms with Crippen LogP contribution in [-0.4, -0.2) is 24.1 Å². The first kappa shape index (κ1) is 19.5. The molecule has 0 heterocycles. The number of ether oxygens (including phenoxy) is 1. The van der Waals surface area contributed by atoms with Crippen LogP contribution in [0.2, 0.25) is 5.02 Å². The number of nitro benzene ring substituents is 1. The molecule has 138 valence electrons. The number of hydrogen-bond donors (Lipinski definition) is 2. The third-order valence-corrected chi connectivity index (χ3v) is 3.98. The lowest BCUT2D eigenvalue weighted by molar-refractivity contribution is -0.384. The fourth-order valence-electron chi connectivity index (χ4n) is 2.38. The maximum absolute atomic E-state index is 11.9. The fourth-order valence-corrected chi connectivity index (χ4v) is 2.57. The Bertz CT molecular complexity index is 791. The SMILES string of the molecule is Cc1cccc(C)c1OCCCNC(=O)Nc1ccc(Cl)c([N+](=O)[O-])c1. The third-order valence-electron chi connectivity index (χ3n) is 3.66. The Balaban J connectivity index is 1.76. The zero-order chi connectivity index (χ0) is 19.1. The van der Waals surface area contributed by atoms with Gasteiger partial charge in [-0.1, -0.05) is 29.8 Å². The molecular weight excluding hydrogens is 358 g/mol. The molecule has 0 saturated heterocycles. The third kappa shape index (κ3) is 5.35. The molecule has 2 amide bonds. The summed E-state index contributed by atoms with van der Waals surface area (Å²) in [4.78, 5) is 22.1. The molecule has 0 saturated carbocycles. The van der Waals surface area contributed by atoms with Crippen LogP contribution in [0.25, 0.3) is 0 Å². The molecular formula is C18H20ClN3O4. The zero-order valence-corrected chi connectivity index (χ0v) is 15.3. The van der Waals surface area contributed by atoms with Crippen molar-refractivity contribution < 1.29 is 14.5 Å². The summed E-state index contributed by atoms with van der Waals surface area (Å²) in [5.74, 6) is 0.866. The largest absolute Gasteiger partial charge is 0.493 e. The van der Waals surface area contributed by atoms with Gasteiger partial charge in [0.15, 0.2) is 0 Å². The minimum atomic E-state index is -0.601. The van der Waals surface area contributed by atoms with E-state index in [9.17, 15) is 14.9 Å². The Morgan fingerprint density at radius 2 is 1.92 bits per heavy atom. The first-order valence-electron chi connectivity index (χ1n) is 8.06. The molecule has 0 radical (unpaired) electrons. The van der Waals surface area contributed by atoms with Gasteiger partial charge in [0.25, 0.3) is 5.69 Å². The fraction of sp³-hybridized carbons (Fsp3) is 0.278. The van der Waals surface area contributed by atoms with Gasteiger partial charge in [-0.05, 0) is 43.5 Å². The van der Waals surface area contributed by atoms with Crippen LogP contribution in [-0.2, 0) is 0 Å². The van der Waals surface area contributed by atoms with Crippen molar-refractivity contribution in [1.29, 1.82) is 0 Å². The van der Waals surface area contributed by atoms with Gasteiger partial charge in [-0.3, -0.25) is 10.1 Å². The number of hydrogen-bond acceptors (Lipinski definition) is 4. The average molecular weight is 378 g/mol. The van der Waals surface area contributed by atoms with Crippen LogP contribution in [0.1, 0.15) is 17.5 Å². The molecule has 0 unspecified atom stereocenters. The molecule has 26 heavy (non-hydrogen) atoms. The summed E-state index contributed by atoms with van der Waals surface area (Å²) in [5.41, 5.74) is 2.18. The topological polar surface area (TPSA) is 93.5 Å². The van der Waals surface area contributed by atoms with E-state index in [4.69, 9.17) is 16.3 Å². The number of nitrogens with zero attached hydrogens (tertiary/aromatic N) is 1. The number of carbonyl (C=O) groups is 1. The first-order chi connectivity index (χ1) is 12.4. The molecule has 2 rings (SSSR count). The first-order valence-corrected chi connectivity index (χ1v) is 8.44. The van der Waals surface area contributed by atoms with E-state index in [1.807, 2.05) is 32.0 Å². The van der Waals surface area contributed by atoms with E-state index in [1.54, 1.807) is 0 Å². The van der Waals surface area contributed by atoms with E-state index in [-0.39, 0.29) is 10.7 Å². The highest BCUT2D eigenvalue weighted by molar-refractivity contribution is 6.32. The summed E-state index contributed by atoms with van der Waals surface area (Å²) in [5, 5.41) is 16.1. The normalized spacial score (nSPS) is 10.3. The van der Waals surface area contributed by atoms with Crippen molar-refractivity contribution in [3.05, 3.63) is 62.7 Å². The molecule has 8 heteroatoms. The lowest BCUT2D eigenvalue weighted by Crippen LogP contribution is -2.30. The highest BCUT2D eigenvalue weighted by Crippen LogP contribution is 2.27. The number of urea groups is 1. The number of aryl methyl sites for hydroxylation is 2. The van der Waals surface area contributed by atoms with E-state index in [1.165, 1.54) is 18.2 Å². The average Bonchev–Trinajstić information content (AvgIpc) is 2.58. The molecule has 0 bridgehead atoms. The number of benzene rings is 2. The smallest absolute Gasteiger partial charge is 0.319 e. The predicted molar refractivity (Wildman–Crippen MR) is 101 cm³/mol. The Labute approximate surface area is 156 Å². The van der Waals surface area contributed by atoms with E-state index < -0.39 is 11.0 Å². The number of para-hydroxylation sites is 1. The van der Waals surface area contributed by atoms with Crippen molar-refractivity contribution in [1.82, 2.24) is 5.32 Å². The summed E-state index contributed by atoms with van der Waals surface area (Å²) in [6.45, 7) is 4.85. The van der Waals surface area contributed by atoms with Gasteiger partial charge in [-0.25, -0.2) is 4.79 Å². The number of carbonyl (C=O) groups excluding carboxylic acids is 1. The van der Waals surface area contributed by atoms with Crippen LogP contribution >= 0.6 is 11.6 Å². The van der Waals surface area contributed by atoms with Crippen molar-refractivity contribution >= 4 is 29.0 Å². The predicted octanol–water partition coefficient (Wildman–Crippen LogP) is 4.46.